The van der Waals surface area contributed by atoms with Gasteiger partial charge in [0.25, 0.3) is 5.69 Å². The van der Waals surface area contributed by atoms with Gasteiger partial charge in [0.05, 0.1) is 22.7 Å². The van der Waals surface area contributed by atoms with Crippen LogP contribution in [0.5, 0.6) is 0 Å². The van der Waals surface area contributed by atoms with E-state index in [1.54, 1.807) is 13.8 Å². The molecule has 6 heteroatoms. The molecule has 6 nitrogen and oxygen atoms in total. The van der Waals surface area contributed by atoms with Gasteiger partial charge in [0.15, 0.2) is 0 Å². The van der Waals surface area contributed by atoms with Gasteiger partial charge < -0.3 is 4.74 Å². The lowest BCUT2D eigenvalue weighted by Crippen LogP contribution is -2.09. The number of nitro groups is 1. The largest absolute Gasteiger partial charge is 0.462 e. The summed E-state index contributed by atoms with van der Waals surface area (Å²) in [6.07, 6.45) is 0.428. The number of hydrogen-bond acceptors (Lipinski definition) is 5. The third-order valence-electron chi connectivity index (χ3n) is 2.40. The van der Waals surface area contributed by atoms with Gasteiger partial charge in [-0.25, -0.2) is 4.79 Å². The highest BCUT2D eigenvalue weighted by molar-refractivity contribution is 5.93. The van der Waals surface area contributed by atoms with Gasteiger partial charge in [-0.1, -0.05) is 6.92 Å². The predicted octanol–water partition coefficient (Wildman–Crippen LogP) is 2.21. The number of carbonyl (C=O) groups excluding carboxylic acids is 1. The third-order valence-corrected chi connectivity index (χ3v) is 2.40. The highest BCUT2D eigenvalue weighted by Gasteiger charge is 2.21. The summed E-state index contributed by atoms with van der Waals surface area (Å²) in [5, 5.41) is 19.8. The molecule has 0 bridgehead atoms. The molecule has 0 aliphatic carbocycles. The van der Waals surface area contributed by atoms with Crippen molar-refractivity contribution in [1.29, 1.82) is 5.26 Å². The van der Waals surface area contributed by atoms with Crippen molar-refractivity contribution in [2.75, 3.05) is 6.61 Å². The van der Waals surface area contributed by atoms with E-state index in [0.29, 0.717) is 12.0 Å². The van der Waals surface area contributed by atoms with Crippen LogP contribution in [0.3, 0.4) is 0 Å². The zero-order chi connectivity index (χ0) is 13.7. The Hall–Kier alpha value is -2.42. The summed E-state index contributed by atoms with van der Waals surface area (Å²) in [5.74, 6) is -0.715. The average Bonchev–Trinajstić information content (AvgIpc) is 2.37. The molecule has 18 heavy (non-hydrogen) atoms. The second-order valence-electron chi connectivity index (χ2n) is 3.47. The van der Waals surface area contributed by atoms with Gasteiger partial charge in [0.2, 0.25) is 0 Å². The lowest BCUT2D eigenvalue weighted by atomic mass is 9.99. The average molecular weight is 248 g/mol. The van der Waals surface area contributed by atoms with Crippen molar-refractivity contribution in [2.24, 2.45) is 0 Å². The van der Waals surface area contributed by atoms with Crippen LogP contribution in [0.4, 0.5) is 5.69 Å². The van der Waals surface area contributed by atoms with E-state index in [9.17, 15) is 14.9 Å². The van der Waals surface area contributed by atoms with Crippen molar-refractivity contribution in [3.8, 4) is 6.07 Å². The topological polar surface area (TPSA) is 93.2 Å². The first-order valence-corrected chi connectivity index (χ1v) is 5.43. The van der Waals surface area contributed by atoms with Gasteiger partial charge in [-0.15, -0.1) is 0 Å². The monoisotopic (exact) mass is 248 g/mol. The van der Waals surface area contributed by atoms with Crippen LogP contribution in [0, 0.1) is 21.4 Å². The second kappa shape index (κ2) is 5.77. The molecule has 0 amide bonds. The van der Waals surface area contributed by atoms with Crippen molar-refractivity contribution in [1.82, 2.24) is 0 Å². The fourth-order valence-electron chi connectivity index (χ4n) is 1.57. The predicted molar refractivity (Wildman–Crippen MR) is 63.1 cm³/mol. The summed E-state index contributed by atoms with van der Waals surface area (Å²) in [5.41, 5.74) is 0.343. The number of rotatable bonds is 4. The number of esters is 1. The fourth-order valence-corrected chi connectivity index (χ4v) is 1.57. The Kier molecular flexibility index (Phi) is 4.38. The van der Waals surface area contributed by atoms with Crippen LogP contribution in [0.2, 0.25) is 0 Å². The zero-order valence-electron chi connectivity index (χ0n) is 10.1. The molecule has 1 rings (SSSR count). The van der Waals surface area contributed by atoms with Gasteiger partial charge >= 0.3 is 5.97 Å². The number of ether oxygens (including phenoxy) is 1. The molecule has 0 saturated carbocycles. The van der Waals surface area contributed by atoms with Crippen LogP contribution in [0.25, 0.3) is 0 Å². The molecule has 0 unspecified atom stereocenters. The molecular formula is C12H12N2O4. The highest BCUT2D eigenvalue weighted by Crippen LogP contribution is 2.23. The van der Waals surface area contributed by atoms with Crippen LogP contribution >= 0.6 is 0 Å². The molecule has 0 spiro atoms. The first kappa shape index (κ1) is 13.6. The molecule has 1 aromatic rings. The van der Waals surface area contributed by atoms with Crippen molar-refractivity contribution >= 4 is 11.7 Å². The standard InChI is InChI=1S/C12H12N2O4/c1-3-8-5-9(14(16)17)6-10(11(8)7-13)12(15)18-4-2/h5-6H,3-4H2,1-2H3. The highest BCUT2D eigenvalue weighted by atomic mass is 16.6. The van der Waals surface area contributed by atoms with E-state index in [-0.39, 0.29) is 23.4 Å². The smallest absolute Gasteiger partial charge is 0.339 e. The van der Waals surface area contributed by atoms with Crippen molar-refractivity contribution in [2.45, 2.75) is 20.3 Å². The summed E-state index contributed by atoms with van der Waals surface area (Å²) in [6, 6.07) is 4.28. The van der Waals surface area contributed by atoms with Gasteiger partial charge in [-0.05, 0) is 18.9 Å². The van der Waals surface area contributed by atoms with Crippen molar-refractivity contribution in [3.05, 3.63) is 38.9 Å². The minimum atomic E-state index is -0.715. The molecule has 1 aromatic carbocycles. The van der Waals surface area contributed by atoms with Gasteiger partial charge in [0, 0.05) is 12.1 Å². The Balaban J connectivity index is 3.46. The zero-order valence-corrected chi connectivity index (χ0v) is 10.1. The maximum atomic E-state index is 11.7. The maximum Gasteiger partial charge on any atom is 0.339 e. The lowest BCUT2D eigenvalue weighted by molar-refractivity contribution is -0.385. The van der Waals surface area contributed by atoms with Gasteiger partial charge in [0.1, 0.15) is 6.07 Å². The number of nitriles is 1. The fraction of sp³-hybridized carbons (Fsp3) is 0.333. The van der Waals surface area contributed by atoms with Crippen molar-refractivity contribution in [3.63, 3.8) is 0 Å². The number of nitrogens with zero attached hydrogens (tertiary/aromatic N) is 2. The normalized spacial score (nSPS) is 9.61. The minimum Gasteiger partial charge on any atom is -0.462 e. The molecule has 0 radical (unpaired) electrons. The second-order valence-corrected chi connectivity index (χ2v) is 3.47. The molecular weight excluding hydrogens is 236 g/mol. The van der Waals surface area contributed by atoms with Crippen LogP contribution in [0.15, 0.2) is 12.1 Å². The molecule has 0 heterocycles. The van der Waals surface area contributed by atoms with Crippen LogP contribution < -0.4 is 0 Å². The van der Waals surface area contributed by atoms with E-state index in [4.69, 9.17) is 10.00 Å². The Bertz CT molecular complexity index is 532. The van der Waals surface area contributed by atoms with E-state index < -0.39 is 10.9 Å². The number of carbonyl (C=O) groups is 1. The van der Waals surface area contributed by atoms with Crippen LogP contribution in [0.1, 0.15) is 35.3 Å². The SMILES string of the molecule is CCOC(=O)c1cc([N+](=O)[O-])cc(CC)c1C#N. The summed E-state index contributed by atoms with van der Waals surface area (Å²) >= 11 is 0. The van der Waals surface area contributed by atoms with Gasteiger partial charge in [-0.3, -0.25) is 10.1 Å². The van der Waals surface area contributed by atoms with E-state index >= 15 is 0 Å². The number of benzene rings is 1. The molecule has 0 aliphatic heterocycles. The van der Waals surface area contributed by atoms with Gasteiger partial charge in [-0.2, -0.15) is 5.26 Å². The summed E-state index contributed by atoms with van der Waals surface area (Å²) in [7, 11) is 0. The number of hydrogen-bond donors (Lipinski definition) is 0. The Morgan fingerprint density at radius 1 is 1.50 bits per heavy atom. The van der Waals surface area contributed by atoms with E-state index in [0.717, 1.165) is 6.07 Å². The third kappa shape index (κ3) is 2.63. The molecule has 0 atom stereocenters. The summed E-state index contributed by atoms with van der Waals surface area (Å²) in [6.45, 7) is 3.53. The Labute approximate surface area is 104 Å². The van der Waals surface area contributed by atoms with E-state index in [2.05, 4.69) is 0 Å². The van der Waals surface area contributed by atoms with Crippen LogP contribution in [-0.2, 0) is 11.2 Å². The molecule has 0 aliphatic rings. The Morgan fingerprint density at radius 3 is 2.61 bits per heavy atom. The number of aryl methyl sites for hydroxylation is 1. The first-order chi connectivity index (χ1) is 8.54. The molecule has 0 fully saturated rings. The molecule has 0 saturated heterocycles. The quantitative estimate of drug-likeness (QED) is 0.462. The Morgan fingerprint density at radius 2 is 2.17 bits per heavy atom. The molecule has 94 valence electrons. The van der Waals surface area contributed by atoms with Crippen LogP contribution in [-0.4, -0.2) is 17.5 Å². The summed E-state index contributed by atoms with van der Waals surface area (Å²) < 4.78 is 4.79. The van der Waals surface area contributed by atoms with E-state index in [1.165, 1.54) is 6.07 Å². The summed E-state index contributed by atoms with van der Waals surface area (Å²) in [4.78, 5) is 21.8. The maximum absolute atomic E-state index is 11.7. The van der Waals surface area contributed by atoms with E-state index in [1.807, 2.05) is 6.07 Å². The lowest BCUT2D eigenvalue weighted by Gasteiger charge is -2.07. The molecule has 0 aromatic heterocycles. The van der Waals surface area contributed by atoms with Crippen molar-refractivity contribution < 1.29 is 14.5 Å². The molecule has 0 N–H and O–H groups in total. The first-order valence-electron chi connectivity index (χ1n) is 5.43. The number of non-ortho nitro benzene ring substituents is 1. The number of nitro benzene ring substituents is 1. The minimum absolute atomic E-state index is 0.0506.